The van der Waals surface area contributed by atoms with Crippen molar-refractivity contribution >= 4 is 17.8 Å². The summed E-state index contributed by atoms with van der Waals surface area (Å²) in [5, 5.41) is 12.3. The molecule has 0 heterocycles. The minimum absolute atomic E-state index is 0.0221. The molecule has 7 nitrogen and oxygen atoms in total. The summed E-state index contributed by atoms with van der Waals surface area (Å²) in [6, 6.07) is -0.660. The van der Waals surface area contributed by atoms with E-state index in [2.05, 4.69) is 10.1 Å². The van der Waals surface area contributed by atoms with E-state index in [9.17, 15) is 32.7 Å². The lowest BCUT2D eigenvalue weighted by Gasteiger charge is -2.32. The zero-order valence-electron chi connectivity index (χ0n) is 14.8. The van der Waals surface area contributed by atoms with Gasteiger partial charge in [-0.1, -0.05) is 6.92 Å². The van der Waals surface area contributed by atoms with E-state index >= 15 is 0 Å². The Hall–Kier alpha value is -1.84. The van der Waals surface area contributed by atoms with E-state index < -0.39 is 35.7 Å². The maximum absolute atomic E-state index is 12.5. The van der Waals surface area contributed by atoms with Crippen LogP contribution < -0.4 is 11.1 Å². The molecular formula is C16H25F3N2O5. The van der Waals surface area contributed by atoms with Gasteiger partial charge in [0, 0.05) is 25.9 Å². The van der Waals surface area contributed by atoms with Gasteiger partial charge in [0.05, 0.1) is 0 Å². The van der Waals surface area contributed by atoms with Gasteiger partial charge >= 0.3 is 18.1 Å². The third kappa shape index (κ3) is 5.86. The van der Waals surface area contributed by atoms with Gasteiger partial charge in [-0.05, 0) is 31.6 Å². The highest BCUT2D eigenvalue weighted by Gasteiger charge is 2.56. The second-order valence-corrected chi connectivity index (χ2v) is 6.97. The number of rotatable bonds is 8. The number of halogens is 3. The number of nitrogens with two attached hydrogens (primary N) is 1. The molecule has 1 amide bonds. The summed E-state index contributed by atoms with van der Waals surface area (Å²) in [5.74, 6) is -3.88. The third-order valence-electron chi connectivity index (χ3n) is 4.76. The number of esters is 1. The summed E-state index contributed by atoms with van der Waals surface area (Å²) >= 11 is 0. The standard InChI is InChI=1S/C16H25F3N2O5/c1-9(4-6-21-10(2)22)3-5-15(13(23)24)8-11(20)7-12(15)26-14(25)16(17,18)19/h9,11-12H,3-8,20H2,1-2H3,(H,21,22)(H,23,24). The highest BCUT2D eigenvalue weighted by molar-refractivity contribution is 5.79. The first-order valence-electron chi connectivity index (χ1n) is 8.39. The van der Waals surface area contributed by atoms with Crippen molar-refractivity contribution in [2.45, 2.75) is 64.3 Å². The van der Waals surface area contributed by atoms with Crippen LogP contribution in [0.5, 0.6) is 0 Å². The minimum Gasteiger partial charge on any atom is -0.481 e. The van der Waals surface area contributed by atoms with Crippen LogP contribution in [0, 0.1) is 11.3 Å². The maximum atomic E-state index is 12.5. The molecule has 10 heteroatoms. The van der Waals surface area contributed by atoms with Gasteiger partial charge in [-0.2, -0.15) is 13.2 Å². The summed E-state index contributed by atoms with van der Waals surface area (Å²) in [7, 11) is 0. The summed E-state index contributed by atoms with van der Waals surface area (Å²) in [4.78, 5) is 33.9. The van der Waals surface area contributed by atoms with Crippen molar-refractivity contribution < 1.29 is 37.4 Å². The predicted octanol–water partition coefficient (Wildman–Crippen LogP) is 1.60. The van der Waals surface area contributed by atoms with Crippen LogP contribution in [-0.4, -0.2) is 47.8 Å². The lowest BCUT2D eigenvalue weighted by molar-refractivity contribution is -0.210. The second-order valence-electron chi connectivity index (χ2n) is 6.97. The molecule has 4 atom stereocenters. The first-order valence-corrected chi connectivity index (χ1v) is 8.39. The predicted molar refractivity (Wildman–Crippen MR) is 84.9 cm³/mol. The number of amides is 1. The molecule has 150 valence electrons. The number of ether oxygens (including phenoxy) is 1. The van der Waals surface area contributed by atoms with Gasteiger partial charge in [-0.15, -0.1) is 0 Å². The molecule has 0 spiro atoms. The van der Waals surface area contributed by atoms with Crippen molar-refractivity contribution in [2.75, 3.05) is 6.54 Å². The molecule has 1 aliphatic rings. The van der Waals surface area contributed by atoms with Crippen LogP contribution in [-0.2, 0) is 19.1 Å². The van der Waals surface area contributed by atoms with Crippen molar-refractivity contribution in [1.82, 2.24) is 5.32 Å². The molecular weight excluding hydrogens is 357 g/mol. The van der Waals surface area contributed by atoms with Crippen molar-refractivity contribution in [3.8, 4) is 0 Å². The smallest absolute Gasteiger partial charge is 0.481 e. The number of carbonyl (C=O) groups is 3. The highest BCUT2D eigenvalue weighted by atomic mass is 19.4. The van der Waals surface area contributed by atoms with E-state index in [1.165, 1.54) is 6.92 Å². The summed E-state index contributed by atoms with van der Waals surface area (Å²) in [6.45, 7) is 3.65. The summed E-state index contributed by atoms with van der Waals surface area (Å²) in [6.07, 6.45) is -5.79. The Kier molecular flexibility index (Phi) is 7.43. The average molecular weight is 382 g/mol. The Morgan fingerprint density at radius 3 is 2.46 bits per heavy atom. The Balaban J connectivity index is 2.79. The fourth-order valence-corrected chi connectivity index (χ4v) is 3.28. The molecule has 4 unspecified atom stereocenters. The Morgan fingerprint density at radius 2 is 1.96 bits per heavy atom. The van der Waals surface area contributed by atoms with Gasteiger partial charge in [0.15, 0.2) is 0 Å². The fraction of sp³-hybridized carbons (Fsp3) is 0.812. The zero-order chi connectivity index (χ0) is 20.1. The quantitative estimate of drug-likeness (QED) is 0.549. The van der Waals surface area contributed by atoms with Gasteiger partial charge in [0.1, 0.15) is 11.5 Å². The molecule has 1 fully saturated rings. The maximum Gasteiger partial charge on any atom is 0.490 e. The Morgan fingerprint density at radius 1 is 1.35 bits per heavy atom. The molecule has 0 aliphatic heterocycles. The van der Waals surface area contributed by atoms with Crippen LogP contribution >= 0.6 is 0 Å². The normalized spacial score (nSPS) is 27.0. The third-order valence-corrected chi connectivity index (χ3v) is 4.76. The van der Waals surface area contributed by atoms with Crippen LogP contribution in [0.4, 0.5) is 13.2 Å². The first kappa shape index (κ1) is 22.2. The molecule has 0 radical (unpaired) electrons. The van der Waals surface area contributed by atoms with Crippen LogP contribution in [0.25, 0.3) is 0 Å². The van der Waals surface area contributed by atoms with E-state index in [0.29, 0.717) is 19.4 Å². The van der Waals surface area contributed by atoms with Gasteiger partial charge in [-0.25, -0.2) is 4.79 Å². The Labute approximate surface area is 149 Å². The Bertz CT molecular complexity index is 540. The number of carbonyl (C=O) groups excluding carboxylic acids is 2. The van der Waals surface area contributed by atoms with Crippen LogP contribution in [0.1, 0.15) is 46.0 Å². The number of hydrogen-bond donors (Lipinski definition) is 3. The topological polar surface area (TPSA) is 119 Å². The largest absolute Gasteiger partial charge is 0.490 e. The van der Waals surface area contributed by atoms with E-state index in [4.69, 9.17) is 5.73 Å². The van der Waals surface area contributed by atoms with Crippen molar-refractivity contribution in [1.29, 1.82) is 0 Å². The lowest BCUT2D eigenvalue weighted by atomic mass is 9.77. The van der Waals surface area contributed by atoms with Gasteiger partial charge in [0.25, 0.3) is 0 Å². The summed E-state index contributed by atoms with van der Waals surface area (Å²) < 4.78 is 41.9. The monoisotopic (exact) mass is 382 g/mol. The molecule has 1 saturated carbocycles. The molecule has 0 saturated heterocycles. The van der Waals surface area contributed by atoms with Gasteiger partial charge in [0.2, 0.25) is 5.91 Å². The molecule has 0 bridgehead atoms. The summed E-state index contributed by atoms with van der Waals surface area (Å²) in [5.41, 5.74) is 4.12. The van der Waals surface area contributed by atoms with Gasteiger partial charge < -0.3 is 20.9 Å². The number of nitrogens with one attached hydrogen (secondary N) is 1. The molecule has 0 aromatic heterocycles. The van der Waals surface area contributed by atoms with Crippen LogP contribution in [0.2, 0.25) is 0 Å². The van der Waals surface area contributed by atoms with Crippen molar-refractivity contribution in [3.05, 3.63) is 0 Å². The van der Waals surface area contributed by atoms with E-state index in [-0.39, 0.29) is 31.1 Å². The van der Waals surface area contributed by atoms with E-state index in [1.54, 1.807) is 0 Å². The number of alkyl halides is 3. The number of carboxylic acid groups (broad SMARTS) is 1. The minimum atomic E-state index is -5.19. The number of carboxylic acids is 1. The van der Waals surface area contributed by atoms with E-state index in [1.807, 2.05) is 6.92 Å². The van der Waals surface area contributed by atoms with Crippen molar-refractivity contribution in [3.63, 3.8) is 0 Å². The van der Waals surface area contributed by atoms with Crippen molar-refractivity contribution in [2.24, 2.45) is 17.1 Å². The molecule has 0 aromatic rings. The first-order chi connectivity index (χ1) is 11.9. The van der Waals surface area contributed by atoms with Crippen LogP contribution in [0.3, 0.4) is 0 Å². The lowest BCUT2D eigenvalue weighted by Crippen LogP contribution is -2.43. The molecule has 1 rings (SSSR count). The number of hydrogen-bond acceptors (Lipinski definition) is 5. The zero-order valence-corrected chi connectivity index (χ0v) is 14.8. The second kappa shape index (κ2) is 8.70. The number of aliphatic carboxylic acids is 1. The molecule has 26 heavy (non-hydrogen) atoms. The molecule has 4 N–H and O–H groups in total. The molecule has 0 aromatic carbocycles. The SMILES string of the molecule is CC(=O)NCCC(C)CCC1(C(=O)O)CC(N)CC1OC(=O)C(F)(F)F. The average Bonchev–Trinajstić information content (AvgIpc) is 2.80. The highest BCUT2D eigenvalue weighted by Crippen LogP contribution is 2.45. The van der Waals surface area contributed by atoms with Crippen LogP contribution in [0.15, 0.2) is 0 Å². The molecule has 1 aliphatic carbocycles. The fourth-order valence-electron chi connectivity index (χ4n) is 3.28. The van der Waals surface area contributed by atoms with E-state index in [0.717, 1.165) is 0 Å². The van der Waals surface area contributed by atoms with Gasteiger partial charge in [-0.3, -0.25) is 9.59 Å².